The van der Waals surface area contributed by atoms with E-state index in [2.05, 4.69) is 10.3 Å². The van der Waals surface area contributed by atoms with Crippen molar-refractivity contribution in [1.82, 2.24) is 10.3 Å². The van der Waals surface area contributed by atoms with Gasteiger partial charge in [-0.15, -0.1) is 0 Å². The largest absolute Gasteiger partial charge is 0.473 e. The van der Waals surface area contributed by atoms with Crippen LogP contribution in [0.5, 0.6) is 5.88 Å². The van der Waals surface area contributed by atoms with Crippen LogP contribution in [0.25, 0.3) is 0 Å². The number of carbonyl (C=O) groups excluding carboxylic acids is 1. The number of ether oxygens (including phenoxy) is 2. The zero-order chi connectivity index (χ0) is 18.5. The molecule has 0 spiro atoms. The highest BCUT2D eigenvalue weighted by atomic mass is 35.5. The Labute approximate surface area is 154 Å². The molecular formula is C18H17ClF2N2O3. The zero-order valence-corrected chi connectivity index (χ0v) is 14.6. The van der Waals surface area contributed by atoms with E-state index >= 15 is 0 Å². The summed E-state index contributed by atoms with van der Waals surface area (Å²) in [4.78, 5) is 16.3. The summed E-state index contributed by atoms with van der Waals surface area (Å²) in [6, 6.07) is 4.62. The molecule has 1 aliphatic rings. The van der Waals surface area contributed by atoms with Crippen LogP contribution in [0.4, 0.5) is 8.78 Å². The molecule has 2 heterocycles. The van der Waals surface area contributed by atoms with Crippen LogP contribution in [0.1, 0.15) is 28.8 Å². The van der Waals surface area contributed by atoms with Crippen molar-refractivity contribution < 1.29 is 23.0 Å². The van der Waals surface area contributed by atoms with E-state index in [0.717, 1.165) is 25.0 Å². The van der Waals surface area contributed by atoms with Gasteiger partial charge in [0.15, 0.2) is 0 Å². The Bertz CT molecular complexity index is 798. The van der Waals surface area contributed by atoms with E-state index < -0.39 is 17.5 Å². The quantitative estimate of drug-likeness (QED) is 0.859. The number of amides is 1. The normalized spacial score (nSPS) is 14.9. The lowest BCUT2D eigenvalue weighted by Gasteiger charge is -2.23. The van der Waals surface area contributed by atoms with Crippen molar-refractivity contribution in [2.45, 2.75) is 25.5 Å². The van der Waals surface area contributed by atoms with Crippen LogP contribution in [-0.4, -0.2) is 30.2 Å². The average molecular weight is 383 g/mol. The van der Waals surface area contributed by atoms with Gasteiger partial charge in [0.25, 0.3) is 5.91 Å². The third-order valence-electron chi connectivity index (χ3n) is 3.97. The maximum Gasteiger partial charge on any atom is 0.253 e. The Hall–Kier alpha value is -2.25. The SMILES string of the molecule is O=C(NCc1ccc(F)cc1F)c1cnc(OC2CCOCC2)c(Cl)c1. The van der Waals surface area contributed by atoms with E-state index in [4.69, 9.17) is 21.1 Å². The summed E-state index contributed by atoms with van der Waals surface area (Å²) in [7, 11) is 0. The maximum absolute atomic E-state index is 13.6. The van der Waals surface area contributed by atoms with Gasteiger partial charge in [-0.2, -0.15) is 0 Å². The van der Waals surface area contributed by atoms with Crippen molar-refractivity contribution in [3.63, 3.8) is 0 Å². The third-order valence-corrected chi connectivity index (χ3v) is 4.24. The maximum atomic E-state index is 13.6. The number of aromatic nitrogens is 1. The van der Waals surface area contributed by atoms with Crippen LogP contribution in [0.15, 0.2) is 30.5 Å². The molecule has 0 radical (unpaired) electrons. The Morgan fingerprint density at radius 2 is 2.08 bits per heavy atom. The molecule has 1 aromatic carbocycles. The third kappa shape index (κ3) is 4.68. The predicted octanol–water partition coefficient (Wildman–Crippen LogP) is 3.50. The van der Waals surface area contributed by atoms with Crippen LogP contribution in [0, 0.1) is 11.6 Å². The van der Waals surface area contributed by atoms with Gasteiger partial charge in [0.05, 0.1) is 18.8 Å². The molecule has 2 aromatic rings. The molecule has 0 saturated carbocycles. The van der Waals surface area contributed by atoms with Crippen LogP contribution >= 0.6 is 11.6 Å². The highest BCUT2D eigenvalue weighted by Crippen LogP contribution is 2.25. The first-order valence-corrected chi connectivity index (χ1v) is 8.53. The van der Waals surface area contributed by atoms with Gasteiger partial charge in [0, 0.05) is 37.2 Å². The number of carbonyl (C=O) groups is 1. The summed E-state index contributed by atoms with van der Waals surface area (Å²) in [5.74, 6) is -1.60. The van der Waals surface area contributed by atoms with Gasteiger partial charge in [0.2, 0.25) is 5.88 Å². The minimum absolute atomic E-state index is 0.0186. The second kappa shape index (κ2) is 8.42. The number of hydrogen-bond acceptors (Lipinski definition) is 4. The molecule has 8 heteroatoms. The fourth-order valence-electron chi connectivity index (χ4n) is 2.53. The van der Waals surface area contributed by atoms with Crippen LogP contribution in [-0.2, 0) is 11.3 Å². The second-order valence-electron chi connectivity index (χ2n) is 5.86. The van der Waals surface area contributed by atoms with Gasteiger partial charge in [-0.3, -0.25) is 4.79 Å². The Morgan fingerprint density at radius 3 is 2.77 bits per heavy atom. The Balaban J connectivity index is 1.61. The molecule has 1 N–H and O–H groups in total. The number of hydrogen-bond donors (Lipinski definition) is 1. The molecule has 1 fully saturated rings. The standard InChI is InChI=1S/C18H17ClF2N2O3/c19-15-7-12(10-23-18(15)26-14-3-5-25-6-4-14)17(24)22-9-11-1-2-13(20)8-16(11)21/h1-2,7-8,10,14H,3-6,9H2,(H,22,24). The molecule has 1 aromatic heterocycles. The van der Waals surface area contributed by atoms with Gasteiger partial charge in [-0.05, 0) is 12.1 Å². The van der Waals surface area contributed by atoms with Crippen molar-refractivity contribution in [2.24, 2.45) is 0 Å². The van der Waals surface area contributed by atoms with E-state index in [-0.39, 0.29) is 34.7 Å². The smallest absolute Gasteiger partial charge is 0.253 e. The van der Waals surface area contributed by atoms with Crippen molar-refractivity contribution in [3.05, 3.63) is 58.2 Å². The number of nitrogens with zero attached hydrogens (tertiary/aromatic N) is 1. The van der Waals surface area contributed by atoms with E-state index in [1.54, 1.807) is 0 Å². The van der Waals surface area contributed by atoms with E-state index in [1.807, 2.05) is 0 Å². The molecule has 0 atom stereocenters. The van der Waals surface area contributed by atoms with Crippen molar-refractivity contribution in [2.75, 3.05) is 13.2 Å². The average Bonchev–Trinajstić information content (AvgIpc) is 2.63. The van der Waals surface area contributed by atoms with Crippen LogP contribution in [0.2, 0.25) is 5.02 Å². The fraction of sp³-hybridized carbons (Fsp3) is 0.333. The highest BCUT2D eigenvalue weighted by molar-refractivity contribution is 6.32. The molecule has 1 amide bonds. The van der Waals surface area contributed by atoms with E-state index in [0.29, 0.717) is 13.2 Å². The summed E-state index contributed by atoms with van der Waals surface area (Å²) in [6.07, 6.45) is 2.83. The minimum Gasteiger partial charge on any atom is -0.473 e. The first-order chi connectivity index (χ1) is 12.5. The molecular weight excluding hydrogens is 366 g/mol. The molecule has 3 rings (SSSR count). The molecule has 26 heavy (non-hydrogen) atoms. The number of benzene rings is 1. The van der Waals surface area contributed by atoms with Gasteiger partial charge in [-0.1, -0.05) is 17.7 Å². The van der Waals surface area contributed by atoms with Crippen LogP contribution < -0.4 is 10.1 Å². The predicted molar refractivity (Wildman–Crippen MR) is 91.2 cm³/mol. The molecule has 138 valence electrons. The zero-order valence-electron chi connectivity index (χ0n) is 13.8. The van der Waals surface area contributed by atoms with E-state index in [9.17, 15) is 13.6 Å². The molecule has 1 aliphatic heterocycles. The number of nitrogens with one attached hydrogen (secondary N) is 1. The van der Waals surface area contributed by atoms with E-state index in [1.165, 1.54) is 18.3 Å². The van der Waals surface area contributed by atoms with Gasteiger partial charge >= 0.3 is 0 Å². The number of pyridine rings is 1. The molecule has 0 bridgehead atoms. The summed E-state index contributed by atoms with van der Waals surface area (Å²) < 4.78 is 37.5. The lowest BCUT2D eigenvalue weighted by molar-refractivity contribution is 0.0238. The number of halogens is 3. The number of rotatable bonds is 5. The highest BCUT2D eigenvalue weighted by Gasteiger charge is 2.18. The van der Waals surface area contributed by atoms with Crippen LogP contribution in [0.3, 0.4) is 0 Å². The summed E-state index contributed by atoms with van der Waals surface area (Å²) in [5, 5.41) is 2.77. The Morgan fingerprint density at radius 1 is 1.31 bits per heavy atom. The monoisotopic (exact) mass is 382 g/mol. The topological polar surface area (TPSA) is 60.5 Å². The first kappa shape index (κ1) is 18.5. The molecule has 0 unspecified atom stereocenters. The van der Waals surface area contributed by atoms with Crippen molar-refractivity contribution >= 4 is 17.5 Å². The minimum atomic E-state index is -0.721. The van der Waals surface area contributed by atoms with Crippen molar-refractivity contribution in [1.29, 1.82) is 0 Å². The Kier molecular flexibility index (Phi) is 6.00. The molecule has 1 saturated heterocycles. The summed E-state index contributed by atoms with van der Waals surface area (Å²) in [6.45, 7) is 1.17. The first-order valence-electron chi connectivity index (χ1n) is 8.15. The lowest BCUT2D eigenvalue weighted by Crippen LogP contribution is -2.26. The lowest BCUT2D eigenvalue weighted by atomic mass is 10.1. The fourth-order valence-corrected chi connectivity index (χ4v) is 2.74. The van der Waals surface area contributed by atoms with Gasteiger partial charge in [0.1, 0.15) is 22.8 Å². The van der Waals surface area contributed by atoms with Gasteiger partial charge < -0.3 is 14.8 Å². The summed E-state index contributed by atoms with van der Waals surface area (Å²) in [5.41, 5.74) is 0.398. The molecule has 5 nitrogen and oxygen atoms in total. The molecule has 0 aliphatic carbocycles. The van der Waals surface area contributed by atoms with Crippen molar-refractivity contribution in [3.8, 4) is 5.88 Å². The second-order valence-corrected chi connectivity index (χ2v) is 6.27. The summed E-state index contributed by atoms with van der Waals surface area (Å²) >= 11 is 6.15. The van der Waals surface area contributed by atoms with Gasteiger partial charge in [-0.25, -0.2) is 13.8 Å².